The van der Waals surface area contributed by atoms with Crippen molar-refractivity contribution >= 4 is 5.78 Å². The van der Waals surface area contributed by atoms with Crippen LogP contribution in [0.5, 0.6) is 0 Å². The third kappa shape index (κ3) is 3.51. The number of ketones is 1. The third-order valence-corrected chi connectivity index (χ3v) is 11.2. The highest BCUT2D eigenvalue weighted by molar-refractivity contribution is 5.93. The number of carbonyl (C=O) groups excluding carboxylic acids is 1. The molecule has 0 radical (unpaired) electrons. The minimum atomic E-state index is -1.75. The Kier molecular flexibility index (Phi) is 6.47. The summed E-state index contributed by atoms with van der Waals surface area (Å²) in [5, 5.41) is 44.5. The molecule has 0 aromatic carbocycles. The van der Waals surface area contributed by atoms with Gasteiger partial charge in [0.2, 0.25) is 0 Å². The number of rotatable bonds is 5. The Hall–Kier alpha value is -0.750. The summed E-state index contributed by atoms with van der Waals surface area (Å²) in [6.45, 7) is 13.3. The average molecular weight is 463 g/mol. The van der Waals surface area contributed by atoms with Crippen molar-refractivity contribution in [2.24, 2.45) is 52.3 Å². The first kappa shape index (κ1) is 25.3. The third-order valence-electron chi connectivity index (χ3n) is 11.2. The van der Waals surface area contributed by atoms with E-state index in [1.807, 2.05) is 0 Å². The van der Waals surface area contributed by atoms with E-state index in [9.17, 15) is 25.2 Å². The molecule has 0 unspecified atom stereocenters. The minimum absolute atomic E-state index is 0.0429. The maximum atomic E-state index is 13.3. The predicted octanol–water partition coefficient (Wildman–Crippen LogP) is 3.73. The van der Waals surface area contributed by atoms with Gasteiger partial charge in [-0.25, -0.2) is 0 Å². The quantitative estimate of drug-likeness (QED) is 0.467. The molecule has 5 heteroatoms. The average Bonchev–Trinajstić information content (AvgIpc) is 3.08. The largest absolute Gasteiger partial charge is 0.393 e. The number of fused-ring (bicyclic) bond motifs is 5. The van der Waals surface area contributed by atoms with Crippen LogP contribution in [0.4, 0.5) is 0 Å². The molecular formula is C28H46O5. The van der Waals surface area contributed by atoms with E-state index in [0.717, 1.165) is 12.8 Å². The highest BCUT2D eigenvalue weighted by Crippen LogP contribution is 2.68. The van der Waals surface area contributed by atoms with E-state index in [4.69, 9.17) is 0 Å². The van der Waals surface area contributed by atoms with Crippen LogP contribution >= 0.6 is 0 Å². The van der Waals surface area contributed by atoms with Crippen LogP contribution in [0.2, 0.25) is 0 Å². The van der Waals surface area contributed by atoms with Crippen LogP contribution in [0.15, 0.2) is 12.2 Å². The standard InChI is InChI=1S/C28H46O5/c1-15(2)16(3)7-8-17(4)19-9-10-20-18-13-23(31)28(33)12-11-21(29)25(32)27(28,6)24(18)22(30)14-26(19,20)5/h11-12,15-24,29-31,33H,7-10,13-14H2,1-6H3/t16-,17+,18-,19+,20-,21+,22+,23+,24+,26+,27-,28-/m0/s1. The molecule has 3 saturated carbocycles. The molecule has 4 N–H and O–H groups in total. The molecule has 0 spiro atoms. The number of aliphatic hydroxyl groups is 4. The molecule has 0 aromatic heterocycles. The van der Waals surface area contributed by atoms with E-state index in [0.29, 0.717) is 42.4 Å². The van der Waals surface area contributed by atoms with Crippen LogP contribution in [-0.2, 0) is 4.79 Å². The molecule has 12 atom stereocenters. The summed E-state index contributed by atoms with van der Waals surface area (Å²) in [6, 6.07) is 0. The first-order valence-corrected chi connectivity index (χ1v) is 13.3. The minimum Gasteiger partial charge on any atom is -0.393 e. The van der Waals surface area contributed by atoms with Gasteiger partial charge in [-0.15, -0.1) is 0 Å². The van der Waals surface area contributed by atoms with Crippen LogP contribution in [0, 0.1) is 52.3 Å². The van der Waals surface area contributed by atoms with Gasteiger partial charge in [-0.05, 0) is 79.6 Å². The summed E-state index contributed by atoms with van der Waals surface area (Å²) >= 11 is 0. The van der Waals surface area contributed by atoms with Crippen molar-refractivity contribution in [2.75, 3.05) is 0 Å². The molecule has 4 rings (SSSR count). The Morgan fingerprint density at radius 3 is 2.36 bits per heavy atom. The van der Waals surface area contributed by atoms with Crippen LogP contribution in [-0.4, -0.2) is 50.1 Å². The van der Waals surface area contributed by atoms with Gasteiger partial charge in [-0.3, -0.25) is 4.79 Å². The first-order chi connectivity index (χ1) is 15.3. The second kappa shape index (κ2) is 8.43. The number of hydrogen-bond acceptors (Lipinski definition) is 5. The van der Waals surface area contributed by atoms with Crippen molar-refractivity contribution in [3.05, 3.63) is 12.2 Å². The normalized spacial score (nSPS) is 51.1. The lowest BCUT2D eigenvalue weighted by molar-refractivity contribution is -0.241. The van der Waals surface area contributed by atoms with Gasteiger partial charge in [0.15, 0.2) is 5.78 Å². The van der Waals surface area contributed by atoms with Crippen LogP contribution in [0.3, 0.4) is 0 Å². The summed E-state index contributed by atoms with van der Waals surface area (Å²) in [7, 11) is 0. The molecule has 0 aromatic rings. The summed E-state index contributed by atoms with van der Waals surface area (Å²) in [5.41, 5.74) is -3.20. The Morgan fingerprint density at radius 1 is 1.06 bits per heavy atom. The lowest BCUT2D eigenvalue weighted by atomic mass is 9.42. The van der Waals surface area contributed by atoms with E-state index in [1.165, 1.54) is 25.0 Å². The molecule has 0 heterocycles. The first-order valence-electron chi connectivity index (χ1n) is 13.3. The van der Waals surface area contributed by atoms with Crippen LogP contribution in [0.1, 0.15) is 80.1 Å². The van der Waals surface area contributed by atoms with E-state index >= 15 is 0 Å². The molecular weight excluding hydrogens is 416 g/mol. The zero-order valence-electron chi connectivity index (χ0n) is 21.4. The summed E-state index contributed by atoms with van der Waals surface area (Å²) in [6.07, 6.45) is 5.11. The van der Waals surface area contributed by atoms with Crippen molar-refractivity contribution in [3.8, 4) is 0 Å². The number of aliphatic hydroxyl groups excluding tert-OH is 3. The molecule has 0 saturated heterocycles. The Morgan fingerprint density at radius 2 is 1.73 bits per heavy atom. The van der Waals surface area contributed by atoms with E-state index < -0.39 is 41.0 Å². The maximum absolute atomic E-state index is 13.3. The Balaban J connectivity index is 1.63. The van der Waals surface area contributed by atoms with Crippen molar-refractivity contribution in [1.29, 1.82) is 0 Å². The van der Waals surface area contributed by atoms with Gasteiger partial charge in [0.25, 0.3) is 0 Å². The summed E-state index contributed by atoms with van der Waals surface area (Å²) in [4.78, 5) is 13.3. The molecule has 0 amide bonds. The molecule has 0 bridgehead atoms. The SMILES string of the molecule is CC(C)[C@@H](C)CC[C@@H](C)[C@H]1CC[C@H]2[C@@H]3C[C@@H](O)[C@@]4(O)C=C[C@@H](O)C(=O)[C@]4(C)[C@H]3[C@H](O)C[C@]12C. The predicted molar refractivity (Wildman–Crippen MR) is 128 cm³/mol. The molecule has 4 aliphatic rings. The van der Waals surface area contributed by atoms with Gasteiger partial charge < -0.3 is 20.4 Å². The fourth-order valence-corrected chi connectivity index (χ4v) is 8.86. The highest BCUT2D eigenvalue weighted by Gasteiger charge is 2.71. The van der Waals surface area contributed by atoms with Gasteiger partial charge in [-0.1, -0.05) is 53.5 Å². The van der Waals surface area contributed by atoms with Gasteiger partial charge in [-0.2, -0.15) is 0 Å². The lowest BCUT2D eigenvalue weighted by Gasteiger charge is -2.64. The smallest absolute Gasteiger partial charge is 0.174 e. The zero-order valence-corrected chi connectivity index (χ0v) is 21.4. The van der Waals surface area contributed by atoms with Gasteiger partial charge in [0.1, 0.15) is 11.7 Å². The van der Waals surface area contributed by atoms with E-state index in [2.05, 4.69) is 34.6 Å². The number of hydrogen-bond donors (Lipinski definition) is 4. The molecule has 0 aliphatic heterocycles. The van der Waals surface area contributed by atoms with Crippen LogP contribution in [0.25, 0.3) is 0 Å². The second-order valence-electron chi connectivity index (χ2n) is 13.0. The van der Waals surface area contributed by atoms with Crippen molar-refractivity contribution in [3.63, 3.8) is 0 Å². The Bertz CT molecular complexity index is 793. The molecule has 3 fully saturated rings. The molecule has 188 valence electrons. The van der Waals surface area contributed by atoms with Gasteiger partial charge in [0.05, 0.1) is 17.6 Å². The van der Waals surface area contributed by atoms with Crippen molar-refractivity contribution in [2.45, 2.75) is 104 Å². The summed E-state index contributed by atoms with van der Waals surface area (Å²) < 4.78 is 0. The fraction of sp³-hybridized carbons (Fsp3) is 0.893. The topological polar surface area (TPSA) is 98.0 Å². The monoisotopic (exact) mass is 462 g/mol. The van der Waals surface area contributed by atoms with Crippen molar-refractivity contribution in [1.82, 2.24) is 0 Å². The van der Waals surface area contributed by atoms with E-state index in [-0.39, 0.29) is 11.3 Å². The number of carbonyl (C=O) groups is 1. The van der Waals surface area contributed by atoms with Gasteiger partial charge >= 0.3 is 0 Å². The summed E-state index contributed by atoms with van der Waals surface area (Å²) in [5.74, 6) is 1.76. The maximum Gasteiger partial charge on any atom is 0.174 e. The second-order valence-corrected chi connectivity index (χ2v) is 13.0. The van der Waals surface area contributed by atoms with Gasteiger partial charge in [0, 0.05) is 5.92 Å². The molecule has 5 nitrogen and oxygen atoms in total. The van der Waals surface area contributed by atoms with E-state index in [1.54, 1.807) is 6.92 Å². The highest BCUT2D eigenvalue weighted by atomic mass is 16.3. The van der Waals surface area contributed by atoms with Crippen molar-refractivity contribution < 1.29 is 25.2 Å². The molecule has 33 heavy (non-hydrogen) atoms. The fourth-order valence-electron chi connectivity index (χ4n) is 8.86. The molecule has 4 aliphatic carbocycles. The number of Topliss-reactive ketones (excluding diaryl/α,β-unsaturated/α-hetero) is 1. The lowest BCUT2D eigenvalue weighted by Crippen LogP contribution is -2.73. The Labute approximate surface area is 199 Å². The van der Waals surface area contributed by atoms with Crippen LogP contribution < -0.4 is 0 Å². The zero-order chi connectivity index (χ0) is 24.5.